The van der Waals surface area contributed by atoms with Gasteiger partial charge in [0.05, 0.1) is 0 Å². The molecule has 1 rings (SSSR count). The van der Waals surface area contributed by atoms with Gasteiger partial charge in [-0.1, -0.05) is 12.1 Å². The Balaban J connectivity index is 0.00000625. The first-order valence-electron chi connectivity index (χ1n) is 8.45. The molecule has 0 heterocycles. The maximum atomic E-state index is 13.0. The number of nitrogens with one attached hydrogen (secondary N) is 1. The van der Waals surface area contributed by atoms with E-state index in [9.17, 15) is 9.18 Å². The number of carbonyl (C=O) groups is 1. The van der Waals surface area contributed by atoms with Gasteiger partial charge in [-0.05, 0) is 31.0 Å². The van der Waals surface area contributed by atoms with Gasteiger partial charge in [-0.2, -0.15) is 0 Å². The van der Waals surface area contributed by atoms with Crippen LogP contribution in [0.1, 0.15) is 18.9 Å². The molecule has 8 heteroatoms. The minimum absolute atomic E-state index is 0. The second-order valence-corrected chi connectivity index (χ2v) is 5.89. The molecule has 6 nitrogen and oxygen atoms in total. The molecule has 0 unspecified atom stereocenters. The van der Waals surface area contributed by atoms with Crippen LogP contribution in [0.4, 0.5) is 4.39 Å². The number of hydrogen-bond donors (Lipinski definition) is 1. The van der Waals surface area contributed by atoms with E-state index in [-0.39, 0.29) is 42.2 Å². The molecule has 0 saturated heterocycles. The van der Waals surface area contributed by atoms with Gasteiger partial charge < -0.3 is 19.9 Å². The van der Waals surface area contributed by atoms with E-state index in [1.165, 1.54) is 17.0 Å². The zero-order valence-corrected chi connectivity index (χ0v) is 18.3. The molecule has 1 aromatic rings. The van der Waals surface area contributed by atoms with Crippen molar-refractivity contribution in [3.63, 3.8) is 0 Å². The fourth-order valence-corrected chi connectivity index (χ4v) is 2.05. The van der Waals surface area contributed by atoms with Gasteiger partial charge in [0.15, 0.2) is 5.96 Å². The number of benzene rings is 1. The van der Waals surface area contributed by atoms with Crippen molar-refractivity contribution in [1.82, 2.24) is 15.1 Å². The molecule has 1 N–H and O–H groups in total. The minimum Gasteiger partial charge on any atom is -0.382 e. The summed E-state index contributed by atoms with van der Waals surface area (Å²) in [7, 11) is 5.29. The topological polar surface area (TPSA) is 57.2 Å². The average Bonchev–Trinajstić information content (AvgIpc) is 2.58. The summed E-state index contributed by atoms with van der Waals surface area (Å²) in [6, 6.07) is 6.35. The van der Waals surface area contributed by atoms with E-state index in [4.69, 9.17) is 4.74 Å². The first-order valence-corrected chi connectivity index (χ1v) is 8.45. The Morgan fingerprint density at radius 1 is 1.23 bits per heavy atom. The zero-order valence-electron chi connectivity index (χ0n) is 16.0. The highest BCUT2D eigenvalue weighted by Gasteiger charge is 2.09. The Morgan fingerprint density at radius 3 is 2.46 bits per heavy atom. The Labute approximate surface area is 172 Å². The molecule has 0 atom stereocenters. The second kappa shape index (κ2) is 13.7. The number of halogens is 2. The van der Waals surface area contributed by atoms with Crippen molar-refractivity contribution in [1.29, 1.82) is 0 Å². The Hall–Kier alpha value is -1.42. The van der Waals surface area contributed by atoms with E-state index < -0.39 is 0 Å². The molecular formula is C18H30FIN4O2. The molecule has 0 fully saturated rings. The molecule has 148 valence electrons. The summed E-state index contributed by atoms with van der Waals surface area (Å²) in [4.78, 5) is 19.6. The number of guanidine groups is 1. The Kier molecular flexibility index (Phi) is 13.0. The first-order chi connectivity index (χ1) is 11.9. The van der Waals surface area contributed by atoms with E-state index in [0.717, 1.165) is 12.0 Å². The van der Waals surface area contributed by atoms with Crippen LogP contribution in [-0.4, -0.2) is 69.1 Å². The molecule has 0 radical (unpaired) electrons. The van der Waals surface area contributed by atoms with Gasteiger partial charge in [0, 0.05) is 47.4 Å². The molecular weight excluding hydrogens is 450 g/mol. The highest BCUT2D eigenvalue weighted by molar-refractivity contribution is 14.0. The molecule has 1 aromatic carbocycles. The minimum atomic E-state index is -0.258. The van der Waals surface area contributed by atoms with Crippen LogP contribution < -0.4 is 5.32 Å². The largest absolute Gasteiger partial charge is 0.382 e. The van der Waals surface area contributed by atoms with Gasteiger partial charge in [-0.3, -0.25) is 4.79 Å². The predicted octanol–water partition coefficient (Wildman–Crippen LogP) is 2.34. The maximum Gasteiger partial charge on any atom is 0.243 e. The summed E-state index contributed by atoms with van der Waals surface area (Å²) in [5.41, 5.74) is 0.964. The smallest absolute Gasteiger partial charge is 0.243 e. The number of likely N-dealkylation sites (N-methyl/N-ethyl adjacent to an activating group) is 1. The fraction of sp³-hybridized carbons (Fsp3) is 0.556. The quantitative estimate of drug-likeness (QED) is 0.255. The number of aliphatic imine (C=N–C) groups is 1. The van der Waals surface area contributed by atoms with Crippen LogP contribution in [0.25, 0.3) is 0 Å². The van der Waals surface area contributed by atoms with Crippen LogP contribution in [-0.2, 0) is 16.1 Å². The van der Waals surface area contributed by atoms with Crippen molar-refractivity contribution in [2.75, 3.05) is 47.4 Å². The van der Waals surface area contributed by atoms with Crippen LogP contribution >= 0.6 is 24.0 Å². The van der Waals surface area contributed by atoms with Crippen LogP contribution in [0.15, 0.2) is 29.3 Å². The molecule has 26 heavy (non-hydrogen) atoms. The van der Waals surface area contributed by atoms with Gasteiger partial charge in [0.2, 0.25) is 5.91 Å². The molecule has 1 amide bonds. The zero-order chi connectivity index (χ0) is 18.7. The molecule has 0 aliphatic rings. The molecule has 0 aliphatic carbocycles. The number of nitrogens with zero attached hydrogens (tertiary/aromatic N) is 3. The summed E-state index contributed by atoms with van der Waals surface area (Å²) >= 11 is 0. The van der Waals surface area contributed by atoms with Crippen molar-refractivity contribution in [3.05, 3.63) is 35.6 Å². The maximum absolute atomic E-state index is 13.0. The lowest BCUT2D eigenvalue weighted by Crippen LogP contribution is -2.40. The molecule has 0 aromatic heterocycles. The van der Waals surface area contributed by atoms with Crippen LogP contribution in [0.5, 0.6) is 0 Å². The third-order valence-corrected chi connectivity index (χ3v) is 3.51. The normalized spacial score (nSPS) is 10.9. The van der Waals surface area contributed by atoms with Gasteiger partial charge in [0.25, 0.3) is 0 Å². The third-order valence-electron chi connectivity index (χ3n) is 3.51. The molecule has 0 bridgehead atoms. The first kappa shape index (κ1) is 24.6. The lowest BCUT2D eigenvalue weighted by molar-refractivity contribution is -0.127. The Morgan fingerprint density at radius 2 is 1.88 bits per heavy atom. The van der Waals surface area contributed by atoms with Gasteiger partial charge in [-0.15, -0.1) is 24.0 Å². The van der Waals surface area contributed by atoms with Gasteiger partial charge in [-0.25, -0.2) is 9.38 Å². The van der Waals surface area contributed by atoms with Crippen molar-refractivity contribution in [2.24, 2.45) is 4.99 Å². The lowest BCUT2D eigenvalue weighted by atomic mass is 10.2. The standard InChI is InChI=1S/C18H29FN4O2.HI/c1-5-25-12-6-11-20-18(21-13-17(24)22(2)3)23(4)14-15-7-9-16(19)10-8-15;/h7-10H,5-6,11-14H2,1-4H3,(H,20,21);1H. The van der Waals surface area contributed by atoms with E-state index in [1.54, 1.807) is 26.2 Å². The monoisotopic (exact) mass is 480 g/mol. The summed E-state index contributed by atoms with van der Waals surface area (Å²) in [6.07, 6.45) is 0.846. The number of amides is 1. The van der Waals surface area contributed by atoms with E-state index in [0.29, 0.717) is 32.3 Å². The number of ether oxygens (including phenoxy) is 1. The summed E-state index contributed by atoms with van der Waals surface area (Å²) in [5, 5.41) is 3.26. The highest BCUT2D eigenvalue weighted by Crippen LogP contribution is 2.06. The number of carbonyl (C=O) groups excluding carboxylic acids is 1. The third kappa shape index (κ3) is 9.91. The van der Waals surface area contributed by atoms with Crippen LogP contribution in [0.3, 0.4) is 0 Å². The van der Waals surface area contributed by atoms with Crippen LogP contribution in [0, 0.1) is 5.82 Å². The van der Waals surface area contributed by atoms with E-state index in [1.807, 2.05) is 18.9 Å². The number of hydrogen-bond acceptors (Lipinski definition) is 3. The summed E-state index contributed by atoms with van der Waals surface area (Å²) in [5.74, 6) is 0.311. The average molecular weight is 480 g/mol. The van der Waals surface area contributed by atoms with Crippen molar-refractivity contribution in [2.45, 2.75) is 19.9 Å². The molecule has 0 aliphatic heterocycles. The van der Waals surface area contributed by atoms with Crippen molar-refractivity contribution >= 4 is 35.8 Å². The van der Waals surface area contributed by atoms with Crippen molar-refractivity contribution < 1.29 is 13.9 Å². The lowest BCUT2D eigenvalue weighted by Gasteiger charge is -2.23. The highest BCUT2D eigenvalue weighted by atomic mass is 127. The van der Waals surface area contributed by atoms with Crippen molar-refractivity contribution in [3.8, 4) is 0 Å². The van der Waals surface area contributed by atoms with Gasteiger partial charge >= 0.3 is 0 Å². The number of rotatable bonds is 9. The molecule has 0 saturated carbocycles. The predicted molar refractivity (Wildman–Crippen MR) is 113 cm³/mol. The van der Waals surface area contributed by atoms with Gasteiger partial charge in [0.1, 0.15) is 12.4 Å². The molecule has 0 spiro atoms. The Bertz CT molecular complexity index is 553. The summed E-state index contributed by atoms with van der Waals surface area (Å²) < 4.78 is 18.4. The summed E-state index contributed by atoms with van der Waals surface area (Å²) in [6.45, 7) is 4.67. The van der Waals surface area contributed by atoms with Crippen LogP contribution in [0.2, 0.25) is 0 Å². The SMILES string of the molecule is CCOCCCNC(=NCC(=O)N(C)C)N(C)Cc1ccc(F)cc1.I. The fourth-order valence-electron chi connectivity index (χ4n) is 2.05. The van der Waals surface area contributed by atoms with E-state index in [2.05, 4.69) is 10.3 Å². The second-order valence-electron chi connectivity index (χ2n) is 5.89. The van der Waals surface area contributed by atoms with E-state index >= 15 is 0 Å².